The van der Waals surface area contributed by atoms with Crippen LogP contribution in [-0.4, -0.2) is 49.2 Å². The first-order valence-electron chi connectivity index (χ1n) is 8.21. The molecule has 1 aromatic carbocycles. The predicted octanol–water partition coefficient (Wildman–Crippen LogP) is 2.66. The fourth-order valence-electron chi connectivity index (χ4n) is 2.97. The Labute approximate surface area is 147 Å². The first kappa shape index (κ1) is 16.6. The van der Waals surface area contributed by atoms with E-state index < -0.39 is 0 Å². The summed E-state index contributed by atoms with van der Waals surface area (Å²) in [6.07, 6.45) is 0. The van der Waals surface area contributed by atoms with Gasteiger partial charge in [-0.1, -0.05) is 12.1 Å². The predicted molar refractivity (Wildman–Crippen MR) is 101 cm³/mol. The molecule has 0 atom stereocenters. The number of para-hydroxylation sites is 2. The first-order chi connectivity index (χ1) is 11.7. The summed E-state index contributed by atoms with van der Waals surface area (Å²) in [6, 6.07) is 11.8. The van der Waals surface area contributed by atoms with Crippen LogP contribution in [0, 0.1) is 6.92 Å². The fourth-order valence-corrected chi connectivity index (χ4v) is 3.80. The number of guanidine groups is 1. The molecule has 0 unspecified atom stereocenters. The number of nitrogens with one attached hydrogen (secondary N) is 1. The van der Waals surface area contributed by atoms with Gasteiger partial charge >= 0.3 is 0 Å². The third-order valence-corrected chi connectivity index (χ3v) is 5.23. The number of rotatable bonds is 3. The normalized spacial score (nSPS) is 15.7. The molecular formula is C18H24N4OS. The number of aliphatic imine (C=N–C) groups is 1. The van der Waals surface area contributed by atoms with E-state index in [1.807, 2.05) is 36.6 Å². The number of hydrogen-bond donors (Lipinski definition) is 2. The van der Waals surface area contributed by atoms with Gasteiger partial charge in [-0.3, -0.25) is 4.99 Å². The average Bonchev–Trinajstić information content (AvgIpc) is 3.02. The van der Waals surface area contributed by atoms with Crippen LogP contribution >= 0.6 is 11.3 Å². The number of phenols is 1. The topological polar surface area (TPSA) is 51.1 Å². The molecule has 0 amide bonds. The molecule has 1 aliphatic heterocycles. The molecule has 1 fully saturated rings. The van der Waals surface area contributed by atoms with Gasteiger partial charge in [0, 0.05) is 43.0 Å². The van der Waals surface area contributed by atoms with E-state index in [4.69, 9.17) is 0 Å². The maximum absolute atomic E-state index is 10.0. The Morgan fingerprint density at radius 3 is 2.54 bits per heavy atom. The highest BCUT2D eigenvalue weighted by atomic mass is 32.1. The molecule has 128 valence electrons. The monoisotopic (exact) mass is 344 g/mol. The van der Waals surface area contributed by atoms with E-state index in [0.717, 1.165) is 44.4 Å². The molecule has 6 heteroatoms. The lowest BCUT2D eigenvalue weighted by Crippen LogP contribution is -2.52. The van der Waals surface area contributed by atoms with Gasteiger partial charge in [0.05, 0.1) is 12.2 Å². The second-order valence-corrected chi connectivity index (χ2v) is 7.25. The molecule has 5 nitrogen and oxygen atoms in total. The van der Waals surface area contributed by atoms with Crippen molar-refractivity contribution in [3.63, 3.8) is 0 Å². The van der Waals surface area contributed by atoms with E-state index in [-0.39, 0.29) is 0 Å². The van der Waals surface area contributed by atoms with Crippen LogP contribution in [0.2, 0.25) is 0 Å². The molecule has 2 aromatic rings. The maximum atomic E-state index is 10.0. The number of anilines is 1. The lowest BCUT2D eigenvalue weighted by molar-refractivity contribution is 0.370. The summed E-state index contributed by atoms with van der Waals surface area (Å²) in [7, 11) is 1.83. The summed E-state index contributed by atoms with van der Waals surface area (Å²) in [5.41, 5.74) is 0.911. The van der Waals surface area contributed by atoms with Crippen LogP contribution in [0.5, 0.6) is 5.75 Å². The number of benzene rings is 1. The summed E-state index contributed by atoms with van der Waals surface area (Å²) < 4.78 is 0. The molecule has 24 heavy (non-hydrogen) atoms. The van der Waals surface area contributed by atoms with Crippen LogP contribution in [0.4, 0.5) is 5.69 Å². The largest absolute Gasteiger partial charge is 0.506 e. The summed E-state index contributed by atoms with van der Waals surface area (Å²) in [5.74, 6) is 1.29. The third-order valence-electron chi connectivity index (χ3n) is 4.23. The number of aryl methyl sites for hydroxylation is 1. The second-order valence-electron chi connectivity index (χ2n) is 5.88. The van der Waals surface area contributed by atoms with Crippen molar-refractivity contribution in [2.75, 3.05) is 38.1 Å². The number of nitrogens with zero attached hydrogens (tertiary/aromatic N) is 3. The Morgan fingerprint density at radius 1 is 1.17 bits per heavy atom. The molecule has 0 aliphatic carbocycles. The van der Waals surface area contributed by atoms with Gasteiger partial charge in [-0.15, -0.1) is 11.3 Å². The van der Waals surface area contributed by atoms with Crippen molar-refractivity contribution in [1.82, 2.24) is 10.2 Å². The highest BCUT2D eigenvalue weighted by Crippen LogP contribution is 2.27. The van der Waals surface area contributed by atoms with Crippen molar-refractivity contribution in [2.24, 2.45) is 4.99 Å². The van der Waals surface area contributed by atoms with Crippen molar-refractivity contribution in [1.29, 1.82) is 0 Å². The SMILES string of the molecule is CN=C(NCc1ccc(C)s1)N1CCN(c2ccccc2O)CC1. The van der Waals surface area contributed by atoms with Gasteiger partial charge < -0.3 is 20.2 Å². The van der Waals surface area contributed by atoms with E-state index in [0.29, 0.717) is 5.75 Å². The van der Waals surface area contributed by atoms with Gasteiger partial charge in [0.15, 0.2) is 5.96 Å². The van der Waals surface area contributed by atoms with Gasteiger partial charge in [0.2, 0.25) is 0 Å². The van der Waals surface area contributed by atoms with Crippen LogP contribution in [0.15, 0.2) is 41.4 Å². The quantitative estimate of drug-likeness (QED) is 0.664. The van der Waals surface area contributed by atoms with Gasteiger partial charge in [-0.05, 0) is 31.2 Å². The van der Waals surface area contributed by atoms with Crippen molar-refractivity contribution < 1.29 is 5.11 Å². The molecule has 3 rings (SSSR count). The number of hydrogen-bond acceptors (Lipinski definition) is 4. The third kappa shape index (κ3) is 3.82. The molecule has 1 saturated heterocycles. The number of thiophene rings is 1. The van der Waals surface area contributed by atoms with Crippen LogP contribution in [0.25, 0.3) is 0 Å². The second kappa shape index (κ2) is 7.57. The Morgan fingerprint density at radius 2 is 1.92 bits per heavy atom. The Kier molecular flexibility index (Phi) is 5.25. The van der Waals surface area contributed by atoms with Gasteiger partial charge in [-0.2, -0.15) is 0 Å². The van der Waals surface area contributed by atoms with E-state index >= 15 is 0 Å². The minimum absolute atomic E-state index is 0.349. The molecule has 2 N–H and O–H groups in total. The fraction of sp³-hybridized carbons (Fsp3) is 0.389. The Bertz CT molecular complexity index is 705. The minimum Gasteiger partial charge on any atom is -0.506 e. The van der Waals surface area contributed by atoms with Crippen molar-refractivity contribution in [3.05, 3.63) is 46.2 Å². The lowest BCUT2D eigenvalue weighted by Gasteiger charge is -2.37. The first-order valence-corrected chi connectivity index (χ1v) is 9.03. The zero-order valence-corrected chi connectivity index (χ0v) is 15.0. The van der Waals surface area contributed by atoms with Crippen molar-refractivity contribution >= 4 is 23.0 Å². The van der Waals surface area contributed by atoms with Crippen LogP contribution in [0.3, 0.4) is 0 Å². The van der Waals surface area contributed by atoms with Gasteiger partial charge in [-0.25, -0.2) is 0 Å². The molecule has 2 heterocycles. The highest BCUT2D eigenvalue weighted by Gasteiger charge is 2.21. The Hall–Kier alpha value is -2.21. The molecule has 0 spiro atoms. The summed E-state index contributed by atoms with van der Waals surface area (Å²) in [5, 5.41) is 13.5. The highest BCUT2D eigenvalue weighted by molar-refractivity contribution is 7.11. The summed E-state index contributed by atoms with van der Waals surface area (Å²) >= 11 is 1.81. The van der Waals surface area contributed by atoms with E-state index in [9.17, 15) is 5.11 Å². The standard InChI is InChI=1S/C18H24N4OS/c1-14-7-8-15(24-14)13-20-18(19-2)22-11-9-21(10-12-22)16-5-3-4-6-17(16)23/h3-8,23H,9-13H2,1-2H3,(H,19,20). The lowest BCUT2D eigenvalue weighted by atomic mass is 10.2. The van der Waals surface area contributed by atoms with Crippen LogP contribution < -0.4 is 10.2 Å². The summed E-state index contributed by atoms with van der Waals surface area (Å²) in [4.78, 5) is 11.6. The molecule has 1 aromatic heterocycles. The molecule has 0 saturated carbocycles. The smallest absolute Gasteiger partial charge is 0.194 e. The van der Waals surface area contributed by atoms with E-state index in [1.54, 1.807) is 6.07 Å². The van der Waals surface area contributed by atoms with Gasteiger partial charge in [0.1, 0.15) is 5.75 Å². The van der Waals surface area contributed by atoms with Crippen molar-refractivity contribution in [3.8, 4) is 5.75 Å². The minimum atomic E-state index is 0.349. The molecule has 0 radical (unpaired) electrons. The van der Waals surface area contributed by atoms with Crippen LogP contribution in [0.1, 0.15) is 9.75 Å². The number of phenolic OH excluding ortho intramolecular Hbond substituents is 1. The number of aromatic hydroxyl groups is 1. The van der Waals surface area contributed by atoms with E-state index in [1.165, 1.54) is 9.75 Å². The van der Waals surface area contributed by atoms with Crippen LogP contribution in [-0.2, 0) is 6.54 Å². The average molecular weight is 344 g/mol. The van der Waals surface area contributed by atoms with Gasteiger partial charge in [0.25, 0.3) is 0 Å². The maximum Gasteiger partial charge on any atom is 0.194 e. The van der Waals surface area contributed by atoms with Crippen molar-refractivity contribution in [2.45, 2.75) is 13.5 Å². The zero-order chi connectivity index (χ0) is 16.9. The molecule has 0 bridgehead atoms. The Balaban J connectivity index is 1.55. The summed E-state index contributed by atoms with van der Waals surface area (Å²) in [6.45, 7) is 6.45. The molecule has 1 aliphatic rings. The van der Waals surface area contributed by atoms with E-state index in [2.05, 4.69) is 39.2 Å². The molecular weight excluding hydrogens is 320 g/mol. The number of piperazine rings is 1. The zero-order valence-electron chi connectivity index (χ0n) is 14.2.